The van der Waals surface area contributed by atoms with E-state index in [9.17, 15) is 14.7 Å². The highest BCUT2D eigenvalue weighted by atomic mass is 32.1. The second kappa shape index (κ2) is 5.04. The second-order valence-electron chi connectivity index (χ2n) is 4.55. The monoisotopic (exact) mass is 292 g/mol. The molecule has 1 atom stereocenters. The molecule has 104 valence electrons. The number of amides is 1. The van der Waals surface area contributed by atoms with Gasteiger partial charge in [-0.3, -0.25) is 4.79 Å². The fraction of sp³-hybridized carbons (Fsp3) is 0.333. The molecule has 2 aromatic heterocycles. The van der Waals surface area contributed by atoms with Crippen LogP contribution < -0.4 is 5.32 Å². The Hall–Kier alpha value is -2.22. The summed E-state index contributed by atoms with van der Waals surface area (Å²) in [4.78, 5) is 23.3. The Morgan fingerprint density at radius 2 is 2.45 bits per heavy atom. The van der Waals surface area contributed by atoms with E-state index in [1.807, 2.05) is 17.5 Å². The van der Waals surface area contributed by atoms with E-state index in [-0.39, 0.29) is 17.6 Å². The summed E-state index contributed by atoms with van der Waals surface area (Å²) in [6, 6.07) is 3.66. The van der Waals surface area contributed by atoms with Gasteiger partial charge in [0.2, 0.25) is 5.91 Å². The molecule has 0 spiro atoms. The van der Waals surface area contributed by atoms with Crippen LogP contribution in [-0.2, 0) is 11.3 Å². The minimum atomic E-state index is -1.10. The molecule has 3 heterocycles. The van der Waals surface area contributed by atoms with Crippen LogP contribution >= 0.6 is 11.3 Å². The van der Waals surface area contributed by atoms with E-state index in [2.05, 4.69) is 15.6 Å². The van der Waals surface area contributed by atoms with Crippen LogP contribution in [0.4, 0.5) is 0 Å². The van der Waals surface area contributed by atoms with Gasteiger partial charge in [0.1, 0.15) is 5.69 Å². The lowest BCUT2D eigenvalue weighted by atomic mass is 10.2. The Bertz CT molecular complexity index is 650. The van der Waals surface area contributed by atoms with Crippen LogP contribution in [0.2, 0.25) is 0 Å². The third-order valence-corrected chi connectivity index (χ3v) is 4.05. The number of aromatic carboxylic acids is 1. The number of hydrogen-bond acceptors (Lipinski definition) is 5. The molecule has 2 N–H and O–H groups in total. The highest BCUT2D eigenvalue weighted by Gasteiger charge is 2.26. The first-order valence-corrected chi connectivity index (χ1v) is 7.03. The van der Waals surface area contributed by atoms with Crippen molar-refractivity contribution in [1.29, 1.82) is 0 Å². The highest BCUT2D eigenvalue weighted by molar-refractivity contribution is 7.13. The molecule has 0 aliphatic carbocycles. The summed E-state index contributed by atoms with van der Waals surface area (Å²) >= 11 is 1.43. The third-order valence-electron chi connectivity index (χ3n) is 3.17. The van der Waals surface area contributed by atoms with Gasteiger partial charge in [0, 0.05) is 12.5 Å². The number of carbonyl (C=O) groups is 2. The highest BCUT2D eigenvalue weighted by Crippen LogP contribution is 2.27. The molecular formula is C12H12N4O3S. The van der Waals surface area contributed by atoms with Crippen molar-refractivity contribution in [2.75, 3.05) is 0 Å². The first-order valence-electron chi connectivity index (χ1n) is 6.15. The SMILES string of the molecule is O=C1CCC(Cn2nnc(C(=O)O)c2-c2cccs2)N1. The lowest BCUT2D eigenvalue weighted by Crippen LogP contribution is -2.30. The molecule has 0 aromatic carbocycles. The van der Waals surface area contributed by atoms with Crippen LogP contribution in [0.25, 0.3) is 10.6 Å². The molecule has 1 fully saturated rings. The molecular weight excluding hydrogens is 280 g/mol. The topological polar surface area (TPSA) is 97.1 Å². The molecule has 1 amide bonds. The van der Waals surface area contributed by atoms with Gasteiger partial charge in [-0.05, 0) is 17.9 Å². The van der Waals surface area contributed by atoms with Crippen LogP contribution in [0.5, 0.6) is 0 Å². The standard InChI is InChI=1S/C12H12N4O3S/c17-9-4-3-7(13-9)6-16-11(8-2-1-5-20-8)10(12(18)19)14-15-16/h1-2,5,7H,3-4,6H2,(H,13,17)(H,18,19). The molecule has 1 aliphatic heterocycles. The summed E-state index contributed by atoms with van der Waals surface area (Å²) in [5.41, 5.74) is 0.436. The summed E-state index contributed by atoms with van der Waals surface area (Å²) in [6.07, 6.45) is 1.23. The number of carboxylic acid groups (broad SMARTS) is 1. The van der Waals surface area contributed by atoms with Crippen LogP contribution in [0.3, 0.4) is 0 Å². The third kappa shape index (κ3) is 2.29. The molecule has 7 nitrogen and oxygen atoms in total. The van der Waals surface area contributed by atoms with Crippen molar-refractivity contribution in [2.24, 2.45) is 0 Å². The van der Waals surface area contributed by atoms with Crippen molar-refractivity contribution in [1.82, 2.24) is 20.3 Å². The summed E-state index contributed by atoms with van der Waals surface area (Å²) in [6.45, 7) is 0.430. The first-order chi connectivity index (χ1) is 9.65. The Kier molecular flexibility index (Phi) is 3.23. The fourth-order valence-corrected chi connectivity index (χ4v) is 3.04. The molecule has 3 rings (SSSR count). The van der Waals surface area contributed by atoms with Crippen LogP contribution in [0.1, 0.15) is 23.3 Å². The molecule has 2 aromatic rings. The van der Waals surface area contributed by atoms with Crippen LogP contribution in [0, 0.1) is 0 Å². The first kappa shape index (κ1) is 12.8. The Balaban J connectivity index is 1.95. The van der Waals surface area contributed by atoms with E-state index in [4.69, 9.17) is 0 Å². The Labute approximate surface area is 118 Å². The Morgan fingerprint density at radius 3 is 3.05 bits per heavy atom. The second-order valence-corrected chi connectivity index (χ2v) is 5.50. The van der Waals surface area contributed by atoms with Gasteiger partial charge in [-0.2, -0.15) is 0 Å². The average Bonchev–Trinajstić information content (AvgIpc) is 3.10. The van der Waals surface area contributed by atoms with Gasteiger partial charge in [0.25, 0.3) is 0 Å². The van der Waals surface area contributed by atoms with E-state index in [1.165, 1.54) is 11.3 Å². The minimum Gasteiger partial charge on any atom is -0.476 e. The van der Waals surface area contributed by atoms with Crippen molar-refractivity contribution in [3.05, 3.63) is 23.2 Å². The van der Waals surface area contributed by atoms with Gasteiger partial charge < -0.3 is 10.4 Å². The number of carboxylic acids is 1. The molecule has 1 aliphatic rings. The normalized spacial score (nSPS) is 18.2. The summed E-state index contributed by atoms with van der Waals surface area (Å²) < 4.78 is 1.56. The van der Waals surface area contributed by atoms with Gasteiger partial charge in [-0.1, -0.05) is 11.3 Å². The fourth-order valence-electron chi connectivity index (χ4n) is 2.27. The quantitative estimate of drug-likeness (QED) is 0.875. The molecule has 20 heavy (non-hydrogen) atoms. The van der Waals surface area contributed by atoms with Crippen LogP contribution in [0.15, 0.2) is 17.5 Å². The molecule has 0 radical (unpaired) electrons. The maximum atomic E-state index is 11.2. The van der Waals surface area contributed by atoms with E-state index < -0.39 is 5.97 Å². The van der Waals surface area contributed by atoms with E-state index >= 15 is 0 Å². The van der Waals surface area contributed by atoms with Gasteiger partial charge >= 0.3 is 5.97 Å². The lowest BCUT2D eigenvalue weighted by Gasteiger charge is -2.11. The van der Waals surface area contributed by atoms with Crippen molar-refractivity contribution in [3.8, 4) is 10.6 Å². The predicted octanol–water partition coefficient (Wildman–Crippen LogP) is 0.983. The van der Waals surface area contributed by atoms with Crippen molar-refractivity contribution in [3.63, 3.8) is 0 Å². The van der Waals surface area contributed by atoms with Crippen LogP contribution in [-0.4, -0.2) is 38.0 Å². The van der Waals surface area contributed by atoms with Gasteiger partial charge in [-0.15, -0.1) is 16.4 Å². The number of rotatable bonds is 4. The van der Waals surface area contributed by atoms with E-state index in [0.29, 0.717) is 18.7 Å². The number of carbonyl (C=O) groups excluding carboxylic acids is 1. The zero-order chi connectivity index (χ0) is 14.1. The zero-order valence-electron chi connectivity index (χ0n) is 10.4. The number of nitrogens with one attached hydrogen (secondary N) is 1. The van der Waals surface area contributed by atoms with Crippen molar-refractivity contribution < 1.29 is 14.7 Å². The number of hydrogen-bond donors (Lipinski definition) is 2. The van der Waals surface area contributed by atoms with Crippen molar-refractivity contribution >= 4 is 23.2 Å². The predicted molar refractivity (Wildman–Crippen MR) is 71.5 cm³/mol. The molecule has 8 heteroatoms. The lowest BCUT2D eigenvalue weighted by molar-refractivity contribution is -0.119. The molecule has 1 unspecified atom stereocenters. The number of aromatic nitrogens is 3. The smallest absolute Gasteiger partial charge is 0.358 e. The number of thiophene rings is 1. The van der Waals surface area contributed by atoms with Gasteiger partial charge in [0.15, 0.2) is 5.69 Å². The maximum absolute atomic E-state index is 11.2. The Morgan fingerprint density at radius 1 is 1.60 bits per heavy atom. The summed E-state index contributed by atoms with van der Waals surface area (Å²) in [7, 11) is 0. The minimum absolute atomic E-state index is 0.0197. The van der Waals surface area contributed by atoms with E-state index in [1.54, 1.807) is 4.68 Å². The van der Waals surface area contributed by atoms with Gasteiger partial charge in [-0.25, -0.2) is 9.48 Å². The van der Waals surface area contributed by atoms with Gasteiger partial charge in [0.05, 0.1) is 11.4 Å². The maximum Gasteiger partial charge on any atom is 0.358 e. The van der Waals surface area contributed by atoms with E-state index in [0.717, 1.165) is 11.3 Å². The summed E-state index contributed by atoms with van der Waals surface area (Å²) in [5, 5.41) is 21.6. The number of nitrogens with zero attached hydrogens (tertiary/aromatic N) is 3. The van der Waals surface area contributed by atoms with Crippen molar-refractivity contribution in [2.45, 2.75) is 25.4 Å². The average molecular weight is 292 g/mol. The zero-order valence-corrected chi connectivity index (χ0v) is 11.3. The largest absolute Gasteiger partial charge is 0.476 e. The molecule has 0 saturated carbocycles. The molecule has 0 bridgehead atoms. The molecule has 1 saturated heterocycles. The summed E-state index contributed by atoms with van der Waals surface area (Å²) in [5.74, 6) is -1.08.